The van der Waals surface area contributed by atoms with Crippen LogP contribution in [0.15, 0.2) is 29.6 Å². The molecule has 0 atom stereocenters. The fraction of sp³-hybridized carbons (Fsp3) is 0.389. The highest BCUT2D eigenvalue weighted by Crippen LogP contribution is 2.38. The van der Waals surface area contributed by atoms with Crippen LogP contribution in [0.2, 0.25) is 0 Å². The quantitative estimate of drug-likeness (QED) is 0.640. The Morgan fingerprint density at radius 1 is 1.16 bits per heavy atom. The van der Waals surface area contributed by atoms with Crippen LogP contribution in [0.5, 0.6) is 17.2 Å². The lowest BCUT2D eigenvalue weighted by Crippen LogP contribution is -2.27. The molecule has 0 fully saturated rings. The van der Waals surface area contributed by atoms with E-state index in [1.807, 2.05) is 11.8 Å². The molecular formula is C18H23NO4S2. The van der Waals surface area contributed by atoms with Crippen molar-refractivity contribution in [1.82, 2.24) is 5.32 Å². The van der Waals surface area contributed by atoms with Crippen LogP contribution in [-0.2, 0) is 17.0 Å². The van der Waals surface area contributed by atoms with E-state index in [9.17, 15) is 4.79 Å². The molecule has 2 rings (SSSR count). The Kier molecular flexibility index (Phi) is 7.94. The van der Waals surface area contributed by atoms with Gasteiger partial charge in [0, 0.05) is 22.9 Å². The van der Waals surface area contributed by atoms with Crippen LogP contribution in [0.25, 0.3) is 0 Å². The summed E-state index contributed by atoms with van der Waals surface area (Å²) in [5.74, 6) is 3.48. The van der Waals surface area contributed by atoms with E-state index in [2.05, 4.69) is 22.8 Å². The van der Waals surface area contributed by atoms with Crippen molar-refractivity contribution in [3.63, 3.8) is 0 Å². The Morgan fingerprint density at radius 3 is 2.44 bits per heavy atom. The number of hydrogen-bond donors (Lipinski definition) is 1. The first-order valence-electron chi connectivity index (χ1n) is 7.83. The minimum atomic E-state index is -0.0222. The molecule has 0 unspecified atom stereocenters. The zero-order valence-electron chi connectivity index (χ0n) is 14.7. The van der Waals surface area contributed by atoms with Gasteiger partial charge in [0.25, 0.3) is 0 Å². The van der Waals surface area contributed by atoms with Gasteiger partial charge in [-0.1, -0.05) is 6.07 Å². The van der Waals surface area contributed by atoms with Gasteiger partial charge in [-0.05, 0) is 29.1 Å². The summed E-state index contributed by atoms with van der Waals surface area (Å²) in [6, 6.07) is 7.78. The SMILES string of the molecule is COc1cc(CC(=O)NCCSCc2cccs2)cc(OC)c1OC. The van der Waals surface area contributed by atoms with Crippen molar-refractivity contribution >= 4 is 29.0 Å². The zero-order valence-corrected chi connectivity index (χ0v) is 16.3. The van der Waals surface area contributed by atoms with Gasteiger partial charge in [-0.15, -0.1) is 11.3 Å². The first-order valence-corrected chi connectivity index (χ1v) is 9.87. The van der Waals surface area contributed by atoms with Crippen molar-refractivity contribution in [3.8, 4) is 17.2 Å². The molecule has 1 N–H and O–H groups in total. The summed E-state index contributed by atoms with van der Waals surface area (Å²) in [5.41, 5.74) is 0.818. The molecule has 1 amide bonds. The topological polar surface area (TPSA) is 56.8 Å². The summed E-state index contributed by atoms with van der Waals surface area (Å²) in [7, 11) is 4.68. The van der Waals surface area contributed by atoms with Gasteiger partial charge in [0.2, 0.25) is 11.7 Å². The first kappa shape index (κ1) is 19.5. The molecule has 7 heteroatoms. The fourth-order valence-corrected chi connectivity index (χ4v) is 4.01. The Balaban J connectivity index is 1.81. The third-order valence-corrected chi connectivity index (χ3v) is 5.55. The molecule has 0 aliphatic rings. The van der Waals surface area contributed by atoms with Crippen molar-refractivity contribution in [2.75, 3.05) is 33.6 Å². The molecule has 1 heterocycles. The van der Waals surface area contributed by atoms with Gasteiger partial charge in [-0.3, -0.25) is 4.79 Å². The van der Waals surface area contributed by atoms with E-state index in [1.54, 1.807) is 44.8 Å². The smallest absolute Gasteiger partial charge is 0.224 e. The second kappa shape index (κ2) is 10.2. The highest BCUT2D eigenvalue weighted by Gasteiger charge is 2.14. The molecule has 5 nitrogen and oxygen atoms in total. The molecule has 25 heavy (non-hydrogen) atoms. The molecule has 0 aliphatic carbocycles. The fourth-order valence-electron chi connectivity index (χ4n) is 2.32. The largest absolute Gasteiger partial charge is 0.493 e. The molecular weight excluding hydrogens is 358 g/mol. The Hall–Kier alpha value is -1.86. The van der Waals surface area contributed by atoms with Gasteiger partial charge in [-0.2, -0.15) is 11.8 Å². The molecule has 0 saturated heterocycles. The Bertz CT molecular complexity index is 649. The van der Waals surface area contributed by atoms with Crippen LogP contribution < -0.4 is 19.5 Å². The number of thiophene rings is 1. The normalized spacial score (nSPS) is 10.4. The number of methoxy groups -OCH3 is 3. The maximum absolute atomic E-state index is 12.1. The number of amides is 1. The van der Waals surface area contributed by atoms with Gasteiger partial charge in [0.05, 0.1) is 27.8 Å². The molecule has 0 aliphatic heterocycles. The van der Waals surface area contributed by atoms with Crippen molar-refractivity contribution < 1.29 is 19.0 Å². The predicted octanol–water partition coefficient (Wildman–Crippen LogP) is 3.37. The van der Waals surface area contributed by atoms with Gasteiger partial charge < -0.3 is 19.5 Å². The van der Waals surface area contributed by atoms with Crippen molar-refractivity contribution in [1.29, 1.82) is 0 Å². The molecule has 1 aromatic carbocycles. The molecule has 0 radical (unpaired) electrons. The van der Waals surface area contributed by atoms with E-state index in [4.69, 9.17) is 14.2 Å². The van der Waals surface area contributed by atoms with Crippen LogP contribution in [0.3, 0.4) is 0 Å². The molecule has 0 spiro atoms. The average molecular weight is 382 g/mol. The van der Waals surface area contributed by atoms with E-state index in [0.717, 1.165) is 17.1 Å². The van der Waals surface area contributed by atoms with E-state index in [1.165, 1.54) is 4.88 Å². The number of carbonyl (C=O) groups is 1. The Labute approximate surface area is 156 Å². The van der Waals surface area contributed by atoms with Crippen LogP contribution in [0.4, 0.5) is 0 Å². The van der Waals surface area contributed by atoms with Crippen LogP contribution in [-0.4, -0.2) is 39.5 Å². The number of carbonyl (C=O) groups excluding carboxylic acids is 1. The third-order valence-electron chi connectivity index (χ3n) is 3.48. The number of benzene rings is 1. The summed E-state index contributed by atoms with van der Waals surface area (Å²) < 4.78 is 15.9. The van der Waals surface area contributed by atoms with Crippen LogP contribution in [0, 0.1) is 0 Å². The van der Waals surface area contributed by atoms with E-state index in [-0.39, 0.29) is 12.3 Å². The highest BCUT2D eigenvalue weighted by molar-refractivity contribution is 7.98. The van der Waals surface area contributed by atoms with Gasteiger partial charge in [0.1, 0.15) is 0 Å². The van der Waals surface area contributed by atoms with E-state index in [0.29, 0.717) is 23.8 Å². The minimum Gasteiger partial charge on any atom is -0.493 e. The molecule has 2 aromatic rings. The minimum absolute atomic E-state index is 0.0222. The van der Waals surface area contributed by atoms with Crippen molar-refractivity contribution in [2.24, 2.45) is 0 Å². The standard InChI is InChI=1S/C18H23NO4S2/c1-21-15-9-13(10-16(22-2)18(15)23-3)11-17(20)19-6-8-24-12-14-5-4-7-25-14/h4-5,7,9-10H,6,8,11-12H2,1-3H3,(H,19,20). The van der Waals surface area contributed by atoms with Gasteiger partial charge in [-0.25, -0.2) is 0 Å². The Morgan fingerprint density at radius 2 is 1.88 bits per heavy atom. The van der Waals surface area contributed by atoms with E-state index < -0.39 is 0 Å². The number of nitrogens with one attached hydrogen (secondary N) is 1. The third kappa shape index (κ3) is 5.86. The highest BCUT2D eigenvalue weighted by atomic mass is 32.2. The number of rotatable bonds is 10. The lowest BCUT2D eigenvalue weighted by molar-refractivity contribution is -0.120. The van der Waals surface area contributed by atoms with Crippen molar-refractivity contribution in [2.45, 2.75) is 12.2 Å². The first-order chi connectivity index (χ1) is 12.2. The number of thioether (sulfide) groups is 1. The summed E-state index contributed by atoms with van der Waals surface area (Å²) >= 11 is 3.57. The lowest BCUT2D eigenvalue weighted by atomic mass is 10.1. The van der Waals surface area contributed by atoms with Crippen molar-refractivity contribution in [3.05, 3.63) is 40.1 Å². The predicted molar refractivity (Wildman–Crippen MR) is 103 cm³/mol. The summed E-state index contributed by atoms with van der Waals surface area (Å²) in [4.78, 5) is 13.5. The average Bonchev–Trinajstić information content (AvgIpc) is 3.13. The summed E-state index contributed by atoms with van der Waals surface area (Å²) in [6.45, 7) is 0.652. The summed E-state index contributed by atoms with van der Waals surface area (Å²) in [5, 5.41) is 5.02. The van der Waals surface area contributed by atoms with Crippen LogP contribution in [0.1, 0.15) is 10.4 Å². The monoisotopic (exact) mass is 381 g/mol. The second-order valence-corrected chi connectivity index (χ2v) is 7.33. The lowest BCUT2D eigenvalue weighted by Gasteiger charge is -2.14. The molecule has 136 valence electrons. The molecule has 0 saturated carbocycles. The second-order valence-electron chi connectivity index (χ2n) is 5.19. The zero-order chi connectivity index (χ0) is 18.1. The summed E-state index contributed by atoms with van der Waals surface area (Å²) in [6.07, 6.45) is 0.270. The maximum Gasteiger partial charge on any atom is 0.224 e. The molecule has 0 bridgehead atoms. The van der Waals surface area contributed by atoms with E-state index >= 15 is 0 Å². The van der Waals surface area contributed by atoms with Gasteiger partial charge >= 0.3 is 0 Å². The number of hydrogen-bond acceptors (Lipinski definition) is 6. The number of ether oxygens (including phenoxy) is 3. The maximum atomic E-state index is 12.1. The van der Waals surface area contributed by atoms with Crippen LogP contribution >= 0.6 is 23.1 Å². The van der Waals surface area contributed by atoms with Gasteiger partial charge in [0.15, 0.2) is 11.5 Å². The molecule has 1 aromatic heterocycles.